The van der Waals surface area contributed by atoms with Crippen molar-refractivity contribution >= 4 is 27.5 Å². The predicted molar refractivity (Wildman–Crippen MR) is 115 cm³/mol. The fourth-order valence-corrected chi connectivity index (χ4v) is 4.02. The molecule has 3 rings (SSSR count). The second kappa shape index (κ2) is 10.1. The van der Waals surface area contributed by atoms with E-state index in [4.69, 9.17) is 4.42 Å². The summed E-state index contributed by atoms with van der Waals surface area (Å²) in [6.45, 7) is 1.40. The number of hydrogen-bond acceptors (Lipinski definition) is 5. The lowest BCUT2D eigenvalue weighted by atomic mass is 10.0. The first-order valence-electron chi connectivity index (χ1n) is 9.57. The van der Waals surface area contributed by atoms with Gasteiger partial charge < -0.3 is 15.1 Å². The molecule has 0 aliphatic heterocycles. The van der Waals surface area contributed by atoms with Gasteiger partial charge in [0.05, 0.1) is 30.2 Å². The van der Waals surface area contributed by atoms with Crippen molar-refractivity contribution < 1.29 is 22.4 Å². The summed E-state index contributed by atoms with van der Waals surface area (Å²) in [5.41, 5.74) is 1.13. The average molecular weight is 442 g/mol. The molecule has 0 aliphatic carbocycles. The summed E-state index contributed by atoms with van der Waals surface area (Å²) in [6, 6.07) is 17.9. The van der Waals surface area contributed by atoms with Crippen molar-refractivity contribution in [3.05, 3.63) is 84.3 Å². The number of amides is 2. The number of benzene rings is 2. The monoisotopic (exact) mass is 441 g/mol. The number of rotatable bonds is 9. The third-order valence-corrected chi connectivity index (χ3v) is 5.81. The number of hydrogen-bond donors (Lipinski definition) is 3. The zero-order chi connectivity index (χ0) is 22.3. The Morgan fingerprint density at radius 2 is 1.77 bits per heavy atom. The molecule has 0 aliphatic rings. The fraction of sp³-hybridized carbons (Fsp3) is 0.182. The second-order valence-electron chi connectivity index (χ2n) is 6.85. The fourth-order valence-electron chi connectivity index (χ4n) is 2.98. The Balaban J connectivity index is 1.67. The number of carbonyl (C=O) groups is 2. The van der Waals surface area contributed by atoms with Gasteiger partial charge in [0.2, 0.25) is 21.8 Å². The van der Waals surface area contributed by atoms with E-state index in [1.165, 1.54) is 25.3 Å². The van der Waals surface area contributed by atoms with Crippen LogP contribution in [0.1, 0.15) is 30.7 Å². The molecular formula is C22H23N3O5S. The second-order valence-corrected chi connectivity index (χ2v) is 8.61. The van der Waals surface area contributed by atoms with E-state index in [-0.39, 0.29) is 29.7 Å². The van der Waals surface area contributed by atoms with Crippen LogP contribution in [0.5, 0.6) is 0 Å². The first-order chi connectivity index (χ1) is 14.8. The smallest absolute Gasteiger partial charge is 0.241 e. The van der Waals surface area contributed by atoms with Crippen LogP contribution in [0.15, 0.2) is 82.3 Å². The normalized spacial score (nSPS) is 12.2. The minimum Gasteiger partial charge on any atom is -0.468 e. The van der Waals surface area contributed by atoms with Gasteiger partial charge in [-0.2, -0.15) is 0 Å². The molecule has 162 valence electrons. The van der Waals surface area contributed by atoms with Gasteiger partial charge >= 0.3 is 0 Å². The molecule has 0 bridgehead atoms. The highest BCUT2D eigenvalue weighted by Gasteiger charge is 2.19. The maximum atomic E-state index is 12.6. The molecule has 0 saturated carbocycles. The van der Waals surface area contributed by atoms with Gasteiger partial charge in [-0.1, -0.05) is 36.4 Å². The van der Waals surface area contributed by atoms with Crippen LogP contribution >= 0.6 is 0 Å². The van der Waals surface area contributed by atoms with Crippen molar-refractivity contribution in [1.82, 2.24) is 10.0 Å². The van der Waals surface area contributed by atoms with Crippen LogP contribution in [0.4, 0.5) is 5.69 Å². The van der Waals surface area contributed by atoms with Crippen molar-refractivity contribution in [2.24, 2.45) is 0 Å². The summed E-state index contributed by atoms with van der Waals surface area (Å²) in [5, 5.41) is 5.46. The molecule has 0 radical (unpaired) electrons. The molecule has 2 amide bonds. The lowest BCUT2D eigenvalue weighted by molar-refractivity contribution is -0.120. The Kier molecular flexibility index (Phi) is 7.22. The molecule has 3 aromatic rings. The first-order valence-corrected chi connectivity index (χ1v) is 11.1. The molecule has 1 atom stereocenters. The number of sulfonamides is 1. The zero-order valence-corrected chi connectivity index (χ0v) is 17.7. The molecular weight excluding hydrogens is 418 g/mol. The summed E-state index contributed by atoms with van der Waals surface area (Å²) < 4.78 is 32.7. The molecule has 9 heteroatoms. The molecule has 0 fully saturated rings. The van der Waals surface area contributed by atoms with E-state index in [0.29, 0.717) is 11.4 Å². The van der Waals surface area contributed by atoms with Crippen molar-refractivity contribution in [3.8, 4) is 0 Å². The van der Waals surface area contributed by atoms with E-state index in [1.807, 2.05) is 30.3 Å². The summed E-state index contributed by atoms with van der Waals surface area (Å²) >= 11 is 0. The first kappa shape index (κ1) is 22.3. The van der Waals surface area contributed by atoms with Crippen molar-refractivity contribution in [2.45, 2.75) is 30.8 Å². The van der Waals surface area contributed by atoms with Crippen LogP contribution in [-0.4, -0.2) is 20.2 Å². The van der Waals surface area contributed by atoms with Gasteiger partial charge in [-0.25, -0.2) is 13.1 Å². The average Bonchev–Trinajstić information content (AvgIpc) is 3.26. The highest BCUT2D eigenvalue weighted by Crippen LogP contribution is 2.20. The van der Waals surface area contributed by atoms with Crippen LogP contribution in [0.25, 0.3) is 0 Å². The van der Waals surface area contributed by atoms with Crippen LogP contribution in [0, 0.1) is 0 Å². The standard InChI is InChI=1S/C22H23N3O5S/c1-16(26)24-21(17-7-3-2-4-8-17)14-22(27)25-18-9-5-11-20(13-18)31(28,29)23-15-19-10-6-12-30-19/h2-13,21,23H,14-15H2,1H3,(H,24,26)(H,25,27)/t21-/m0/s1. The SMILES string of the molecule is CC(=O)N[C@@H](CC(=O)Nc1cccc(S(=O)(=O)NCc2ccco2)c1)c1ccccc1. The van der Waals surface area contributed by atoms with Crippen molar-refractivity contribution in [2.75, 3.05) is 5.32 Å². The quantitative estimate of drug-likeness (QED) is 0.472. The summed E-state index contributed by atoms with van der Waals surface area (Å²) in [4.78, 5) is 24.1. The van der Waals surface area contributed by atoms with E-state index >= 15 is 0 Å². The van der Waals surface area contributed by atoms with Crippen LogP contribution < -0.4 is 15.4 Å². The number of furan rings is 1. The van der Waals surface area contributed by atoms with Gasteiger partial charge in [0.1, 0.15) is 5.76 Å². The van der Waals surface area contributed by atoms with E-state index in [0.717, 1.165) is 5.56 Å². The highest BCUT2D eigenvalue weighted by molar-refractivity contribution is 7.89. The number of anilines is 1. The molecule has 3 N–H and O–H groups in total. The van der Waals surface area contributed by atoms with E-state index < -0.39 is 16.1 Å². The topological polar surface area (TPSA) is 118 Å². The van der Waals surface area contributed by atoms with Gasteiger partial charge in [0.15, 0.2) is 0 Å². The minimum atomic E-state index is -3.79. The Labute approximate surface area is 180 Å². The molecule has 1 aromatic heterocycles. The van der Waals surface area contributed by atoms with E-state index in [9.17, 15) is 18.0 Å². The molecule has 31 heavy (non-hydrogen) atoms. The summed E-state index contributed by atoms with van der Waals surface area (Å²) in [7, 11) is -3.79. The van der Waals surface area contributed by atoms with Gasteiger partial charge in [-0.05, 0) is 35.9 Å². The third-order valence-electron chi connectivity index (χ3n) is 4.41. The minimum absolute atomic E-state index is 0.00266. The Bertz CT molecular complexity index is 1130. The highest BCUT2D eigenvalue weighted by atomic mass is 32.2. The Morgan fingerprint density at radius 3 is 2.45 bits per heavy atom. The lowest BCUT2D eigenvalue weighted by Gasteiger charge is -2.18. The number of nitrogens with one attached hydrogen (secondary N) is 3. The maximum absolute atomic E-state index is 12.6. The van der Waals surface area contributed by atoms with Gasteiger partial charge in [0.25, 0.3) is 0 Å². The third kappa shape index (κ3) is 6.53. The Hall–Kier alpha value is -3.43. The lowest BCUT2D eigenvalue weighted by Crippen LogP contribution is -2.29. The molecule has 2 aromatic carbocycles. The molecule has 0 spiro atoms. The maximum Gasteiger partial charge on any atom is 0.241 e. The Morgan fingerprint density at radius 1 is 1.00 bits per heavy atom. The molecule has 0 unspecified atom stereocenters. The number of carbonyl (C=O) groups excluding carboxylic acids is 2. The molecule has 8 nitrogen and oxygen atoms in total. The van der Waals surface area contributed by atoms with Crippen LogP contribution in [-0.2, 0) is 26.2 Å². The van der Waals surface area contributed by atoms with Gasteiger partial charge in [-0.3, -0.25) is 9.59 Å². The zero-order valence-electron chi connectivity index (χ0n) is 16.9. The largest absolute Gasteiger partial charge is 0.468 e. The molecule has 1 heterocycles. The van der Waals surface area contributed by atoms with Crippen LogP contribution in [0.2, 0.25) is 0 Å². The van der Waals surface area contributed by atoms with Crippen molar-refractivity contribution in [1.29, 1.82) is 0 Å². The van der Waals surface area contributed by atoms with Gasteiger partial charge in [0, 0.05) is 12.6 Å². The van der Waals surface area contributed by atoms with E-state index in [1.54, 1.807) is 24.3 Å². The predicted octanol–water partition coefficient (Wildman–Crippen LogP) is 2.96. The van der Waals surface area contributed by atoms with Crippen molar-refractivity contribution in [3.63, 3.8) is 0 Å². The summed E-state index contributed by atoms with van der Waals surface area (Å²) in [6.07, 6.45) is 1.46. The van der Waals surface area contributed by atoms with E-state index in [2.05, 4.69) is 15.4 Å². The molecule has 0 saturated heterocycles. The van der Waals surface area contributed by atoms with Crippen LogP contribution in [0.3, 0.4) is 0 Å². The summed E-state index contributed by atoms with van der Waals surface area (Å²) in [5.74, 6) is -0.129. The van der Waals surface area contributed by atoms with Gasteiger partial charge in [-0.15, -0.1) is 0 Å².